The first-order chi connectivity index (χ1) is 6.27. The number of rotatable bonds is 2. The molecule has 0 aliphatic rings. The van der Waals surface area contributed by atoms with Crippen LogP contribution in [0.3, 0.4) is 0 Å². The van der Waals surface area contributed by atoms with Gasteiger partial charge in [0.25, 0.3) is 0 Å². The Hall–Kier alpha value is -0.460. The zero-order chi connectivity index (χ0) is 9.26. The molecule has 13 heavy (non-hydrogen) atoms. The van der Waals surface area contributed by atoms with Crippen LogP contribution in [-0.4, -0.2) is 14.8 Å². The fourth-order valence-corrected chi connectivity index (χ4v) is 2.38. The molecule has 68 valence electrons. The number of thiophene rings is 1. The van der Waals surface area contributed by atoms with Gasteiger partial charge in [0, 0.05) is 0 Å². The third-order valence-electron chi connectivity index (χ3n) is 1.65. The number of aromatic amines is 1. The zero-order valence-corrected chi connectivity index (χ0v) is 9.75. The molecule has 0 radical (unpaired) electrons. The number of H-pyrrole nitrogens is 1. The normalized spacial score (nSPS) is 10.5. The van der Waals surface area contributed by atoms with Crippen LogP contribution in [0.15, 0.2) is 21.6 Å². The third kappa shape index (κ3) is 1.90. The fraction of sp³-hybridized carbons (Fsp3) is 0.143. The van der Waals surface area contributed by atoms with Crippen molar-refractivity contribution in [2.45, 2.75) is 6.54 Å². The summed E-state index contributed by atoms with van der Waals surface area (Å²) in [6.07, 6.45) is 1.70. The summed E-state index contributed by atoms with van der Waals surface area (Å²) >= 11 is 10.2. The first kappa shape index (κ1) is 9.11. The van der Waals surface area contributed by atoms with Crippen molar-refractivity contribution < 1.29 is 0 Å². The Morgan fingerprint density at radius 2 is 2.54 bits per heavy atom. The van der Waals surface area contributed by atoms with E-state index in [1.807, 2.05) is 9.95 Å². The van der Waals surface area contributed by atoms with E-state index in [-0.39, 0.29) is 0 Å². The van der Waals surface area contributed by atoms with Crippen molar-refractivity contribution in [1.29, 1.82) is 0 Å². The lowest BCUT2D eigenvalue weighted by Crippen LogP contribution is -1.96. The van der Waals surface area contributed by atoms with Crippen LogP contribution in [0.25, 0.3) is 0 Å². The quantitative estimate of drug-likeness (QED) is 0.856. The van der Waals surface area contributed by atoms with E-state index in [0.29, 0.717) is 4.77 Å². The SMILES string of the molecule is S=c1[nH]ncn1Cc1ccsc1Br. The van der Waals surface area contributed by atoms with E-state index in [0.717, 1.165) is 10.3 Å². The molecule has 0 amide bonds. The van der Waals surface area contributed by atoms with Crippen LogP contribution in [0, 0.1) is 4.77 Å². The molecule has 0 spiro atoms. The lowest BCUT2D eigenvalue weighted by molar-refractivity contribution is 0.782. The van der Waals surface area contributed by atoms with Crippen LogP contribution in [0.1, 0.15) is 5.56 Å². The smallest absolute Gasteiger partial charge is 0.195 e. The molecule has 6 heteroatoms. The minimum atomic E-state index is 0.651. The Kier molecular flexibility index (Phi) is 2.61. The van der Waals surface area contributed by atoms with Gasteiger partial charge in [-0.2, -0.15) is 5.10 Å². The van der Waals surface area contributed by atoms with Crippen molar-refractivity contribution in [2.24, 2.45) is 0 Å². The summed E-state index contributed by atoms with van der Waals surface area (Å²) in [4.78, 5) is 0. The van der Waals surface area contributed by atoms with Crippen LogP contribution < -0.4 is 0 Å². The van der Waals surface area contributed by atoms with Crippen molar-refractivity contribution in [3.63, 3.8) is 0 Å². The monoisotopic (exact) mass is 275 g/mol. The van der Waals surface area contributed by atoms with E-state index >= 15 is 0 Å². The first-order valence-electron chi connectivity index (χ1n) is 3.59. The number of nitrogens with one attached hydrogen (secondary N) is 1. The standard InChI is InChI=1S/C7H6BrN3S2/c8-6-5(1-2-13-6)3-11-4-9-10-7(11)12/h1-2,4H,3H2,(H,10,12). The molecule has 3 nitrogen and oxygen atoms in total. The van der Waals surface area contributed by atoms with E-state index in [9.17, 15) is 0 Å². The highest BCUT2D eigenvalue weighted by atomic mass is 79.9. The molecule has 1 N–H and O–H groups in total. The maximum atomic E-state index is 5.03. The number of hydrogen-bond acceptors (Lipinski definition) is 3. The van der Waals surface area contributed by atoms with E-state index in [4.69, 9.17) is 12.2 Å². The highest BCUT2D eigenvalue weighted by Crippen LogP contribution is 2.23. The van der Waals surface area contributed by atoms with Gasteiger partial charge >= 0.3 is 0 Å². The second kappa shape index (κ2) is 3.73. The van der Waals surface area contributed by atoms with Crippen LogP contribution >= 0.6 is 39.5 Å². The van der Waals surface area contributed by atoms with Crippen LogP contribution in [0.2, 0.25) is 0 Å². The summed E-state index contributed by atoms with van der Waals surface area (Å²) in [5.74, 6) is 0. The van der Waals surface area contributed by atoms with Crippen LogP contribution in [0.5, 0.6) is 0 Å². The maximum absolute atomic E-state index is 5.03. The van der Waals surface area contributed by atoms with E-state index in [1.54, 1.807) is 17.7 Å². The highest BCUT2D eigenvalue weighted by molar-refractivity contribution is 9.11. The average molecular weight is 276 g/mol. The molecule has 0 saturated heterocycles. The first-order valence-corrected chi connectivity index (χ1v) is 5.67. The Bertz CT molecular complexity index is 456. The van der Waals surface area contributed by atoms with Crippen molar-refractivity contribution in [3.8, 4) is 0 Å². The van der Waals surface area contributed by atoms with Gasteiger partial charge in [0.2, 0.25) is 0 Å². The van der Waals surface area contributed by atoms with Gasteiger partial charge in [-0.3, -0.25) is 5.10 Å². The summed E-state index contributed by atoms with van der Waals surface area (Å²) in [5, 5.41) is 8.61. The molecule has 2 heterocycles. The maximum Gasteiger partial charge on any atom is 0.195 e. The van der Waals surface area contributed by atoms with Gasteiger partial charge < -0.3 is 4.57 Å². The summed E-state index contributed by atoms with van der Waals surface area (Å²) in [7, 11) is 0. The second-order valence-electron chi connectivity index (χ2n) is 2.51. The molecule has 2 aromatic rings. The van der Waals surface area contributed by atoms with E-state index in [1.165, 1.54) is 5.56 Å². The van der Waals surface area contributed by atoms with Gasteiger partial charge in [-0.1, -0.05) is 0 Å². The van der Waals surface area contributed by atoms with Crippen molar-refractivity contribution in [3.05, 3.63) is 31.9 Å². The van der Waals surface area contributed by atoms with Crippen LogP contribution in [-0.2, 0) is 6.54 Å². The fourth-order valence-electron chi connectivity index (χ4n) is 0.999. The van der Waals surface area contributed by atoms with E-state index < -0.39 is 0 Å². The van der Waals surface area contributed by atoms with Crippen LogP contribution in [0.4, 0.5) is 0 Å². The molecule has 0 unspecified atom stereocenters. The van der Waals surface area contributed by atoms with Crippen molar-refractivity contribution >= 4 is 39.5 Å². The lowest BCUT2D eigenvalue weighted by Gasteiger charge is -1.98. The van der Waals surface area contributed by atoms with Gasteiger partial charge in [-0.15, -0.1) is 11.3 Å². The van der Waals surface area contributed by atoms with Crippen molar-refractivity contribution in [2.75, 3.05) is 0 Å². The van der Waals surface area contributed by atoms with Gasteiger partial charge in [0.05, 0.1) is 10.3 Å². The second-order valence-corrected chi connectivity index (χ2v) is 5.13. The molecular weight excluding hydrogens is 270 g/mol. The Labute approximate surface area is 92.5 Å². The van der Waals surface area contributed by atoms with E-state index in [2.05, 4.69) is 32.2 Å². The predicted molar refractivity (Wildman–Crippen MR) is 58.5 cm³/mol. The Morgan fingerprint density at radius 1 is 1.69 bits per heavy atom. The summed E-state index contributed by atoms with van der Waals surface area (Å²) < 4.78 is 3.69. The summed E-state index contributed by atoms with van der Waals surface area (Å²) in [5.41, 5.74) is 1.22. The summed E-state index contributed by atoms with van der Waals surface area (Å²) in [6.45, 7) is 0.763. The largest absolute Gasteiger partial charge is 0.302 e. The molecule has 2 aromatic heterocycles. The third-order valence-corrected chi connectivity index (χ3v) is 3.79. The van der Waals surface area contributed by atoms with Gasteiger partial charge in [0.15, 0.2) is 4.77 Å². The molecule has 0 saturated carbocycles. The molecule has 0 fully saturated rings. The number of hydrogen-bond donors (Lipinski definition) is 1. The zero-order valence-electron chi connectivity index (χ0n) is 6.53. The van der Waals surface area contributed by atoms with Crippen molar-refractivity contribution in [1.82, 2.24) is 14.8 Å². The minimum absolute atomic E-state index is 0.651. The molecular formula is C7H6BrN3S2. The number of halogens is 1. The highest BCUT2D eigenvalue weighted by Gasteiger charge is 2.02. The lowest BCUT2D eigenvalue weighted by atomic mass is 10.3. The molecule has 0 aliphatic carbocycles. The molecule has 0 aliphatic heterocycles. The number of nitrogens with zero attached hydrogens (tertiary/aromatic N) is 2. The molecule has 0 atom stereocenters. The number of aromatic nitrogens is 3. The van der Waals surface area contributed by atoms with Gasteiger partial charge in [-0.25, -0.2) is 0 Å². The molecule has 0 bridgehead atoms. The van der Waals surface area contributed by atoms with Gasteiger partial charge in [-0.05, 0) is 45.2 Å². The Morgan fingerprint density at radius 3 is 3.08 bits per heavy atom. The minimum Gasteiger partial charge on any atom is -0.302 e. The summed E-state index contributed by atoms with van der Waals surface area (Å²) in [6, 6.07) is 2.07. The topological polar surface area (TPSA) is 33.6 Å². The average Bonchev–Trinajstić information content (AvgIpc) is 2.65. The molecule has 0 aromatic carbocycles. The molecule has 2 rings (SSSR count). The Balaban J connectivity index is 2.29. The predicted octanol–water partition coefficient (Wildman–Crippen LogP) is 2.81. The van der Waals surface area contributed by atoms with Gasteiger partial charge in [0.1, 0.15) is 6.33 Å².